The Bertz CT molecular complexity index is 713. The summed E-state index contributed by atoms with van der Waals surface area (Å²) in [5.74, 6) is 0.661. The average Bonchev–Trinajstić information content (AvgIpc) is 2.83. The molecular formula is C18H20N2O3Se. The Morgan fingerprint density at radius 3 is 3.00 bits per heavy atom. The van der Waals surface area contributed by atoms with E-state index in [1.54, 1.807) is 7.11 Å². The molecule has 1 unspecified atom stereocenters. The molecule has 1 aromatic rings. The minimum atomic E-state index is -0.683. The summed E-state index contributed by atoms with van der Waals surface area (Å²) < 4.78 is 5.29. The van der Waals surface area contributed by atoms with Gasteiger partial charge >= 0.3 is 148 Å². The topological polar surface area (TPSA) is 70.4 Å². The van der Waals surface area contributed by atoms with E-state index in [4.69, 9.17) is 10.00 Å². The molecule has 2 amide bonds. The van der Waals surface area contributed by atoms with Crippen molar-refractivity contribution in [1.29, 1.82) is 5.26 Å². The van der Waals surface area contributed by atoms with Gasteiger partial charge in [0.2, 0.25) is 0 Å². The van der Waals surface area contributed by atoms with Crippen LogP contribution in [0.5, 0.6) is 5.75 Å². The summed E-state index contributed by atoms with van der Waals surface area (Å²) in [6.07, 6.45) is 3.55. The maximum atomic E-state index is 13.1. The van der Waals surface area contributed by atoms with Crippen LogP contribution < -0.4 is 4.74 Å². The van der Waals surface area contributed by atoms with E-state index in [1.807, 2.05) is 18.2 Å². The van der Waals surface area contributed by atoms with Gasteiger partial charge in [0.05, 0.1) is 0 Å². The van der Waals surface area contributed by atoms with E-state index >= 15 is 0 Å². The Morgan fingerprint density at radius 2 is 2.25 bits per heavy atom. The Balaban J connectivity index is 1.86. The number of rotatable bonds is 5. The predicted molar refractivity (Wildman–Crippen MR) is 89.7 cm³/mol. The molecule has 0 aromatic heterocycles. The number of likely N-dealkylation sites (tertiary alicyclic amines) is 1. The molecule has 1 saturated heterocycles. The molecule has 0 saturated carbocycles. The third-order valence-electron chi connectivity index (χ3n) is 4.98. The number of carbonyl (C=O) groups is 2. The molecule has 0 N–H and O–H groups in total. The minimum absolute atomic E-state index is 0.0527. The fourth-order valence-corrected chi connectivity index (χ4v) is 4.62. The zero-order chi connectivity index (χ0) is 17.2. The van der Waals surface area contributed by atoms with Crippen LogP contribution in [-0.2, 0) is 21.4 Å². The van der Waals surface area contributed by atoms with E-state index in [0.717, 1.165) is 47.9 Å². The van der Waals surface area contributed by atoms with Gasteiger partial charge in [0.25, 0.3) is 0 Å². The Kier molecular flexibility index (Phi) is 4.93. The van der Waals surface area contributed by atoms with Gasteiger partial charge in [-0.25, -0.2) is 0 Å². The normalized spacial score (nSPS) is 22.6. The number of imide groups is 1. The van der Waals surface area contributed by atoms with Crippen LogP contribution in [-0.4, -0.2) is 45.3 Å². The van der Waals surface area contributed by atoms with E-state index in [9.17, 15) is 9.59 Å². The van der Waals surface area contributed by atoms with Crippen molar-refractivity contribution < 1.29 is 14.3 Å². The van der Waals surface area contributed by atoms with Gasteiger partial charge in [-0.05, 0) is 0 Å². The van der Waals surface area contributed by atoms with Crippen LogP contribution >= 0.6 is 0 Å². The second-order valence-corrected chi connectivity index (χ2v) is 8.12. The molecule has 1 aliphatic heterocycles. The number of benzene rings is 1. The molecule has 3 rings (SSSR count). The molecule has 1 aromatic carbocycles. The first-order chi connectivity index (χ1) is 11.6. The van der Waals surface area contributed by atoms with Crippen molar-refractivity contribution in [3.8, 4) is 10.7 Å². The summed E-state index contributed by atoms with van der Waals surface area (Å²) >= 11 is -0.0580. The van der Waals surface area contributed by atoms with Gasteiger partial charge in [-0.3, -0.25) is 0 Å². The van der Waals surface area contributed by atoms with E-state index < -0.39 is 5.41 Å². The van der Waals surface area contributed by atoms with Crippen LogP contribution in [0.15, 0.2) is 18.2 Å². The molecule has 6 heteroatoms. The summed E-state index contributed by atoms with van der Waals surface area (Å²) in [5, 5.41) is 9.41. The summed E-state index contributed by atoms with van der Waals surface area (Å²) in [6.45, 7) is 0.439. The zero-order valence-electron chi connectivity index (χ0n) is 13.7. The summed E-state index contributed by atoms with van der Waals surface area (Å²) in [7, 11) is 1.63. The predicted octanol–water partition coefficient (Wildman–Crippen LogP) is 2.02. The number of nitriles is 1. The fraction of sp³-hybridized carbons (Fsp3) is 0.500. The van der Waals surface area contributed by atoms with Gasteiger partial charge in [0, 0.05) is 0 Å². The number of fused-ring (bicyclic) bond motifs is 2. The van der Waals surface area contributed by atoms with Crippen molar-refractivity contribution in [2.24, 2.45) is 0 Å². The van der Waals surface area contributed by atoms with Crippen molar-refractivity contribution in [2.45, 2.75) is 42.8 Å². The quantitative estimate of drug-likeness (QED) is 0.438. The molecule has 5 nitrogen and oxygen atoms in total. The second kappa shape index (κ2) is 6.96. The number of ether oxygens (including phenoxy) is 1. The first-order valence-corrected chi connectivity index (χ1v) is 10.2. The SMILES string of the molecule is COc1ccc2c(c1)CCCC21CC(=O)N(CCC[Se]C#N)C1=O. The molecule has 0 bridgehead atoms. The van der Waals surface area contributed by atoms with Gasteiger partial charge in [-0.2, -0.15) is 0 Å². The van der Waals surface area contributed by atoms with E-state index in [-0.39, 0.29) is 33.2 Å². The standard InChI is InChI=1S/C18H20N2O3Se/c1-23-14-5-6-15-13(10-14)4-2-7-18(15)11-16(21)20(17(18)22)8-3-9-24-12-19/h5-6,10H,2-4,7-9,11H2,1H3. The molecule has 1 heterocycles. The van der Waals surface area contributed by atoms with Gasteiger partial charge < -0.3 is 0 Å². The molecule has 1 fully saturated rings. The first kappa shape index (κ1) is 17.0. The average molecular weight is 391 g/mol. The summed E-state index contributed by atoms with van der Waals surface area (Å²) in [6, 6.07) is 5.83. The van der Waals surface area contributed by atoms with Crippen LogP contribution in [0.2, 0.25) is 5.32 Å². The molecule has 2 aliphatic rings. The molecule has 126 valence electrons. The monoisotopic (exact) mass is 392 g/mol. The number of nitrogens with zero attached hydrogens (tertiary/aromatic N) is 2. The Morgan fingerprint density at radius 1 is 1.42 bits per heavy atom. The fourth-order valence-electron chi connectivity index (χ4n) is 3.86. The van der Waals surface area contributed by atoms with Gasteiger partial charge in [-0.1, -0.05) is 0 Å². The molecule has 1 aliphatic carbocycles. The number of hydrogen-bond acceptors (Lipinski definition) is 4. The van der Waals surface area contributed by atoms with Crippen LogP contribution in [0.3, 0.4) is 0 Å². The van der Waals surface area contributed by atoms with Gasteiger partial charge in [0.15, 0.2) is 0 Å². The van der Waals surface area contributed by atoms with E-state index in [2.05, 4.69) is 4.97 Å². The molecule has 24 heavy (non-hydrogen) atoms. The van der Waals surface area contributed by atoms with Crippen LogP contribution in [0.1, 0.15) is 36.8 Å². The van der Waals surface area contributed by atoms with Gasteiger partial charge in [-0.15, -0.1) is 0 Å². The maximum absolute atomic E-state index is 13.1. The van der Waals surface area contributed by atoms with E-state index in [0.29, 0.717) is 6.54 Å². The second-order valence-electron chi connectivity index (χ2n) is 6.28. The molecule has 1 spiro atoms. The number of hydrogen-bond donors (Lipinski definition) is 0. The number of aryl methyl sites for hydroxylation is 1. The number of methoxy groups -OCH3 is 1. The Labute approximate surface area is 148 Å². The van der Waals surface area contributed by atoms with Crippen LogP contribution in [0.4, 0.5) is 0 Å². The van der Waals surface area contributed by atoms with Crippen molar-refractivity contribution in [3.63, 3.8) is 0 Å². The van der Waals surface area contributed by atoms with E-state index in [1.165, 1.54) is 4.90 Å². The van der Waals surface area contributed by atoms with Gasteiger partial charge in [0.1, 0.15) is 0 Å². The van der Waals surface area contributed by atoms with Crippen molar-refractivity contribution in [1.82, 2.24) is 4.90 Å². The van der Waals surface area contributed by atoms with Crippen molar-refractivity contribution in [3.05, 3.63) is 29.3 Å². The number of amides is 2. The van der Waals surface area contributed by atoms with Crippen LogP contribution in [0, 0.1) is 10.2 Å². The zero-order valence-corrected chi connectivity index (χ0v) is 15.4. The number of carbonyl (C=O) groups excluding carboxylic acids is 2. The Hall–Kier alpha value is -1.83. The molecule has 1 atom stereocenters. The van der Waals surface area contributed by atoms with Crippen LogP contribution in [0.25, 0.3) is 0 Å². The molecule has 0 radical (unpaired) electrons. The summed E-state index contributed by atoms with van der Waals surface area (Å²) in [5.41, 5.74) is 1.44. The van der Waals surface area contributed by atoms with Crippen molar-refractivity contribution in [2.75, 3.05) is 13.7 Å². The first-order valence-electron chi connectivity index (χ1n) is 8.15. The van der Waals surface area contributed by atoms with Crippen molar-refractivity contribution >= 4 is 26.8 Å². The molecular weight excluding hydrogens is 371 g/mol. The third kappa shape index (κ3) is 2.83. The summed E-state index contributed by atoms with van der Waals surface area (Å²) in [4.78, 5) is 29.1. The third-order valence-corrected chi connectivity index (χ3v) is 6.28.